The molecule has 1 aliphatic heterocycles. The number of rotatable bonds is 8. The van der Waals surface area contributed by atoms with Gasteiger partial charge in [0.1, 0.15) is 6.10 Å². The molecule has 0 saturated carbocycles. The molecule has 1 heterocycles. The Kier molecular flexibility index (Phi) is 16.1. The lowest BCUT2D eigenvalue weighted by Crippen LogP contribution is -2.38. The Hall–Kier alpha value is -1.63. The molecule has 0 atom stereocenters. The van der Waals surface area contributed by atoms with E-state index in [1.54, 1.807) is 13.8 Å². The van der Waals surface area contributed by atoms with Crippen molar-refractivity contribution in [3.8, 4) is 0 Å². The van der Waals surface area contributed by atoms with E-state index >= 15 is 0 Å². The van der Waals surface area contributed by atoms with E-state index < -0.39 is 5.97 Å². The number of benzene rings is 2. The van der Waals surface area contributed by atoms with Gasteiger partial charge in [-0.2, -0.15) is 0 Å². The lowest BCUT2D eigenvalue weighted by Gasteiger charge is -2.34. The molecule has 1 aliphatic rings. The maximum absolute atomic E-state index is 9.70. The van der Waals surface area contributed by atoms with E-state index in [-0.39, 0.29) is 36.8 Å². The van der Waals surface area contributed by atoms with Gasteiger partial charge in [0.25, 0.3) is 0 Å². The number of halogens is 2. The zero-order valence-electron chi connectivity index (χ0n) is 19.1. The van der Waals surface area contributed by atoms with Gasteiger partial charge in [0.05, 0.1) is 12.0 Å². The van der Waals surface area contributed by atoms with Crippen molar-refractivity contribution in [2.75, 3.05) is 26.2 Å². The number of nitrogens with two attached hydrogens (primary N) is 1. The number of carbonyl (C=O) groups is 1. The molecule has 5 nitrogen and oxygen atoms in total. The Bertz CT molecular complexity index is 685. The Balaban J connectivity index is 0.00000107. The molecule has 0 radical (unpaired) electrons. The number of aliphatic carboxylic acids is 1. The van der Waals surface area contributed by atoms with Gasteiger partial charge in [-0.1, -0.05) is 74.5 Å². The van der Waals surface area contributed by atoms with Crippen LogP contribution in [0.25, 0.3) is 0 Å². The third kappa shape index (κ3) is 10.8. The summed E-state index contributed by atoms with van der Waals surface area (Å²) in [4.78, 5) is 12.2. The van der Waals surface area contributed by atoms with E-state index in [1.807, 2.05) is 0 Å². The monoisotopic (exact) mass is 484 g/mol. The number of piperidine rings is 1. The predicted octanol–water partition coefficient (Wildman–Crippen LogP) is 5.18. The minimum Gasteiger partial charge on any atom is -0.481 e. The van der Waals surface area contributed by atoms with Crippen molar-refractivity contribution >= 4 is 30.8 Å². The van der Waals surface area contributed by atoms with E-state index in [9.17, 15) is 4.79 Å². The highest BCUT2D eigenvalue weighted by Crippen LogP contribution is 2.29. The molecule has 3 rings (SSSR count). The molecule has 2 aromatic rings. The highest BCUT2D eigenvalue weighted by molar-refractivity contribution is 5.85. The van der Waals surface area contributed by atoms with Crippen molar-refractivity contribution in [3.05, 3.63) is 71.8 Å². The molecule has 3 N–H and O–H groups in total. The van der Waals surface area contributed by atoms with Gasteiger partial charge in [-0.15, -0.1) is 24.8 Å². The summed E-state index contributed by atoms with van der Waals surface area (Å²) in [5, 5.41) is 7.99. The molecule has 180 valence electrons. The second kappa shape index (κ2) is 16.9. The zero-order chi connectivity index (χ0) is 21.8. The topological polar surface area (TPSA) is 75.8 Å². The Morgan fingerprint density at radius 3 is 1.81 bits per heavy atom. The van der Waals surface area contributed by atoms with E-state index in [0.717, 1.165) is 45.4 Å². The van der Waals surface area contributed by atoms with Crippen LogP contribution < -0.4 is 5.73 Å². The van der Waals surface area contributed by atoms with E-state index in [0.29, 0.717) is 6.10 Å². The number of hydrogen-bond acceptors (Lipinski definition) is 4. The van der Waals surface area contributed by atoms with Crippen LogP contribution in [0.5, 0.6) is 0 Å². The first-order chi connectivity index (χ1) is 14.5. The van der Waals surface area contributed by atoms with Crippen LogP contribution in [-0.4, -0.2) is 48.3 Å². The maximum Gasteiger partial charge on any atom is 0.305 e. The number of nitrogens with zero attached hydrogens (tertiary/aromatic N) is 1. The largest absolute Gasteiger partial charge is 0.481 e. The molecule has 0 unspecified atom stereocenters. The van der Waals surface area contributed by atoms with Crippen molar-refractivity contribution in [2.45, 2.75) is 45.3 Å². The summed E-state index contributed by atoms with van der Waals surface area (Å²) in [6, 6.07) is 21.1. The van der Waals surface area contributed by atoms with Gasteiger partial charge >= 0.3 is 5.97 Å². The van der Waals surface area contributed by atoms with Crippen molar-refractivity contribution in [2.24, 2.45) is 11.7 Å². The molecule has 1 saturated heterocycles. The summed E-state index contributed by atoms with van der Waals surface area (Å²) in [6.45, 7) is 7.40. The van der Waals surface area contributed by atoms with Gasteiger partial charge in [-0.25, -0.2) is 0 Å². The van der Waals surface area contributed by atoms with Gasteiger partial charge < -0.3 is 20.5 Å². The predicted molar refractivity (Wildman–Crippen MR) is 136 cm³/mol. The lowest BCUT2D eigenvalue weighted by atomic mass is 10.00. The molecule has 32 heavy (non-hydrogen) atoms. The van der Waals surface area contributed by atoms with Gasteiger partial charge in [0.15, 0.2) is 0 Å². The van der Waals surface area contributed by atoms with E-state index in [4.69, 9.17) is 15.6 Å². The fourth-order valence-corrected chi connectivity index (χ4v) is 3.38. The van der Waals surface area contributed by atoms with Crippen LogP contribution in [0.3, 0.4) is 0 Å². The Morgan fingerprint density at radius 2 is 1.44 bits per heavy atom. The second-order valence-electron chi connectivity index (χ2n) is 8.01. The van der Waals surface area contributed by atoms with Crippen LogP contribution in [-0.2, 0) is 9.53 Å². The molecule has 0 aromatic heterocycles. The molecule has 0 spiro atoms. The normalized spacial score (nSPS) is 14.2. The molecule has 0 amide bonds. The van der Waals surface area contributed by atoms with Gasteiger partial charge in [0, 0.05) is 13.1 Å². The quantitative estimate of drug-likeness (QED) is 0.539. The second-order valence-corrected chi connectivity index (χ2v) is 8.01. The molecule has 7 heteroatoms. The first kappa shape index (κ1) is 30.4. The molecule has 1 fully saturated rings. The summed E-state index contributed by atoms with van der Waals surface area (Å²) in [5.41, 5.74) is 8.08. The standard InChI is InChI=1S/C21H28N2O.C4H8O2.2ClH/c22-14-7-15-23-16-12-20(13-17-23)24-21(18-8-3-1-4-9-18)19-10-5-2-6-11-19;1-3(2)4(5)6;;/h1-6,8-11,20-21H,7,12-17,22H2;3H,1-2H3,(H,5,6);2*1H. The SMILES string of the molecule is CC(C)C(=O)O.Cl.Cl.NCCCN1CCC(OC(c2ccccc2)c2ccccc2)CC1. The molecular weight excluding hydrogens is 447 g/mol. The third-order valence-electron chi connectivity index (χ3n) is 5.24. The summed E-state index contributed by atoms with van der Waals surface area (Å²) in [7, 11) is 0. The average molecular weight is 485 g/mol. The smallest absolute Gasteiger partial charge is 0.305 e. The molecular formula is C25H38Cl2N2O3. The first-order valence-corrected chi connectivity index (χ1v) is 10.9. The number of likely N-dealkylation sites (tertiary alicyclic amines) is 1. The number of carboxylic acids is 1. The molecule has 2 aromatic carbocycles. The Labute approximate surface area is 205 Å². The van der Waals surface area contributed by atoms with Crippen LogP contribution in [0.1, 0.15) is 50.3 Å². The summed E-state index contributed by atoms with van der Waals surface area (Å²) in [5.74, 6) is -0.972. The minimum atomic E-state index is -0.741. The minimum absolute atomic E-state index is 0. The third-order valence-corrected chi connectivity index (χ3v) is 5.24. The van der Waals surface area contributed by atoms with E-state index in [2.05, 4.69) is 65.6 Å². The highest BCUT2D eigenvalue weighted by atomic mass is 35.5. The lowest BCUT2D eigenvalue weighted by molar-refractivity contribution is -0.140. The number of carboxylic acid groups (broad SMARTS) is 1. The fraction of sp³-hybridized carbons (Fsp3) is 0.480. The molecule has 0 bridgehead atoms. The van der Waals surface area contributed by atoms with Gasteiger partial charge in [0.2, 0.25) is 0 Å². The van der Waals surface area contributed by atoms with Crippen molar-refractivity contribution in [3.63, 3.8) is 0 Å². The van der Waals surface area contributed by atoms with Gasteiger partial charge in [-0.05, 0) is 43.5 Å². The maximum atomic E-state index is 9.70. The number of hydrogen-bond donors (Lipinski definition) is 2. The zero-order valence-corrected chi connectivity index (χ0v) is 20.7. The summed E-state index contributed by atoms with van der Waals surface area (Å²) >= 11 is 0. The van der Waals surface area contributed by atoms with Gasteiger partial charge in [-0.3, -0.25) is 4.79 Å². The van der Waals surface area contributed by atoms with Crippen molar-refractivity contribution in [1.82, 2.24) is 4.90 Å². The molecule has 0 aliphatic carbocycles. The van der Waals surface area contributed by atoms with Crippen molar-refractivity contribution < 1.29 is 14.6 Å². The van der Waals surface area contributed by atoms with Crippen LogP contribution in [0.4, 0.5) is 0 Å². The summed E-state index contributed by atoms with van der Waals surface area (Å²) < 4.78 is 6.56. The van der Waals surface area contributed by atoms with E-state index in [1.165, 1.54) is 11.1 Å². The van der Waals surface area contributed by atoms with Crippen LogP contribution >= 0.6 is 24.8 Å². The van der Waals surface area contributed by atoms with Crippen molar-refractivity contribution in [1.29, 1.82) is 0 Å². The first-order valence-electron chi connectivity index (χ1n) is 10.9. The van der Waals surface area contributed by atoms with Crippen LogP contribution in [0.2, 0.25) is 0 Å². The highest BCUT2D eigenvalue weighted by Gasteiger charge is 2.24. The summed E-state index contributed by atoms with van der Waals surface area (Å²) in [6.07, 6.45) is 3.63. The van der Waals surface area contributed by atoms with Crippen LogP contribution in [0.15, 0.2) is 60.7 Å². The fourth-order valence-electron chi connectivity index (χ4n) is 3.38. The Morgan fingerprint density at radius 1 is 1.00 bits per heavy atom. The number of ether oxygens (including phenoxy) is 1. The average Bonchev–Trinajstić information content (AvgIpc) is 2.78. The van der Waals surface area contributed by atoms with Crippen LogP contribution in [0, 0.1) is 5.92 Å².